The molecule has 0 radical (unpaired) electrons. The van der Waals surface area contributed by atoms with Crippen molar-refractivity contribution in [3.63, 3.8) is 0 Å². The molecule has 2 rings (SSSR count). The smallest absolute Gasteiger partial charge is 0.191 e. The maximum absolute atomic E-state index is 6.05. The van der Waals surface area contributed by atoms with Crippen LogP contribution in [0.3, 0.4) is 0 Å². The normalized spacial score (nSPS) is 10.6. The second-order valence-electron chi connectivity index (χ2n) is 4.26. The van der Waals surface area contributed by atoms with Crippen molar-refractivity contribution in [2.75, 3.05) is 5.32 Å². The Kier molecular flexibility index (Phi) is 5.56. The molecule has 0 aromatic heterocycles. The van der Waals surface area contributed by atoms with Gasteiger partial charge in [-0.3, -0.25) is 5.43 Å². The molecule has 0 heterocycles. The van der Waals surface area contributed by atoms with Crippen molar-refractivity contribution in [1.29, 1.82) is 0 Å². The van der Waals surface area contributed by atoms with Crippen LogP contribution >= 0.6 is 35.4 Å². The number of nitrogens with one attached hydrogen (secondary N) is 2. The minimum Gasteiger partial charge on any atom is -0.331 e. The van der Waals surface area contributed by atoms with Gasteiger partial charge in [0.15, 0.2) is 5.11 Å². The van der Waals surface area contributed by atoms with Crippen molar-refractivity contribution in [3.05, 3.63) is 63.6 Å². The molecule has 108 valence electrons. The predicted molar refractivity (Wildman–Crippen MR) is 94.6 cm³/mol. The highest BCUT2D eigenvalue weighted by Gasteiger charge is 2.03. The summed E-state index contributed by atoms with van der Waals surface area (Å²) in [5.41, 5.74) is 5.32. The van der Waals surface area contributed by atoms with E-state index in [1.165, 1.54) is 0 Å². The molecule has 0 amide bonds. The summed E-state index contributed by atoms with van der Waals surface area (Å²) >= 11 is 17.3. The fraction of sp³-hybridized carbons (Fsp3) is 0.0667. The fourth-order valence-corrected chi connectivity index (χ4v) is 2.16. The van der Waals surface area contributed by atoms with Crippen LogP contribution in [0.5, 0.6) is 0 Å². The third kappa shape index (κ3) is 4.43. The van der Waals surface area contributed by atoms with Gasteiger partial charge in [-0.2, -0.15) is 5.10 Å². The van der Waals surface area contributed by atoms with Crippen molar-refractivity contribution in [2.45, 2.75) is 6.92 Å². The van der Waals surface area contributed by atoms with Gasteiger partial charge in [-0.05, 0) is 42.9 Å². The lowest BCUT2D eigenvalue weighted by Crippen LogP contribution is -2.24. The molecule has 3 nitrogen and oxygen atoms in total. The van der Waals surface area contributed by atoms with Crippen molar-refractivity contribution in [3.8, 4) is 0 Å². The summed E-state index contributed by atoms with van der Waals surface area (Å²) in [6, 6.07) is 13.0. The molecule has 21 heavy (non-hydrogen) atoms. The zero-order chi connectivity index (χ0) is 15.2. The topological polar surface area (TPSA) is 36.4 Å². The second kappa shape index (κ2) is 7.41. The van der Waals surface area contributed by atoms with Crippen LogP contribution in [0, 0.1) is 6.92 Å². The molecule has 0 saturated heterocycles. The Hall–Kier alpha value is -1.62. The van der Waals surface area contributed by atoms with E-state index >= 15 is 0 Å². The van der Waals surface area contributed by atoms with E-state index in [0.717, 1.165) is 16.8 Å². The summed E-state index contributed by atoms with van der Waals surface area (Å²) in [4.78, 5) is 0. The molecule has 0 spiro atoms. The third-order valence-electron chi connectivity index (χ3n) is 2.79. The summed E-state index contributed by atoms with van der Waals surface area (Å²) in [7, 11) is 0. The third-order valence-corrected chi connectivity index (χ3v) is 3.74. The van der Waals surface area contributed by atoms with Crippen molar-refractivity contribution < 1.29 is 0 Å². The van der Waals surface area contributed by atoms with E-state index in [-0.39, 0.29) is 0 Å². The van der Waals surface area contributed by atoms with Crippen LogP contribution in [0.1, 0.15) is 11.1 Å². The average Bonchev–Trinajstić information content (AvgIpc) is 2.46. The Bertz CT molecular complexity index is 686. The van der Waals surface area contributed by atoms with Gasteiger partial charge >= 0.3 is 0 Å². The Labute approximate surface area is 139 Å². The lowest BCUT2D eigenvalue weighted by molar-refractivity contribution is 1.05. The number of nitrogens with zero attached hydrogens (tertiary/aromatic N) is 1. The minimum absolute atomic E-state index is 0.378. The molecule has 2 aromatic carbocycles. The van der Waals surface area contributed by atoms with Crippen LogP contribution in [0.4, 0.5) is 5.69 Å². The number of halogens is 2. The van der Waals surface area contributed by atoms with Crippen molar-refractivity contribution in [2.24, 2.45) is 5.10 Å². The molecule has 0 aliphatic rings. The van der Waals surface area contributed by atoms with E-state index in [1.54, 1.807) is 12.3 Å². The van der Waals surface area contributed by atoms with Gasteiger partial charge in [0.05, 0.1) is 6.21 Å². The van der Waals surface area contributed by atoms with Gasteiger partial charge in [0, 0.05) is 21.3 Å². The van der Waals surface area contributed by atoms with Crippen LogP contribution in [0.15, 0.2) is 47.6 Å². The largest absolute Gasteiger partial charge is 0.331 e. The highest BCUT2D eigenvalue weighted by molar-refractivity contribution is 7.80. The first kappa shape index (κ1) is 15.8. The molecular weight excluding hydrogens is 325 g/mol. The Morgan fingerprint density at radius 2 is 1.81 bits per heavy atom. The Morgan fingerprint density at radius 1 is 1.10 bits per heavy atom. The van der Waals surface area contributed by atoms with Gasteiger partial charge in [0.1, 0.15) is 0 Å². The summed E-state index contributed by atoms with van der Waals surface area (Å²) in [6.45, 7) is 1.92. The quantitative estimate of drug-likeness (QED) is 0.487. The number of benzene rings is 2. The maximum atomic E-state index is 6.05. The first-order valence-electron chi connectivity index (χ1n) is 6.17. The van der Waals surface area contributed by atoms with Gasteiger partial charge in [-0.1, -0.05) is 47.5 Å². The van der Waals surface area contributed by atoms with Crippen LogP contribution in [0.25, 0.3) is 0 Å². The summed E-state index contributed by atoms with van der Waals surface area (Å²) in [5, 5.41) is 8.79. The lowest BCUT2D eigenvalue weighted by atomic mass is 10.2. The molecule has 0 fully saturated rings. The minimum atomic E-state index is 0.378. The van der Waals surface area contributed by atoms with E-state index in [9.17, 15) is 0 Å². The molecule has 0 atom stereocenters. The number of hydrogen-bond donors (Lipinski definition) is 2. The number of rotatable bonds is 3. The average molecular weight is 338 g/mol. The van der Waals surface area contributed by atoms with Gasteiger partial charge in [-0.15, -0.1) is 0 Å². The van der Waals surface area contributed by atoms with E-state index in [0.29, 0.717) is 15.2 Å². The van der Waals surface area contributed by atoms with E-state index in [1.807, 2.05) is 43.3 Å². The molecule has 0 aliphatic carbocycles. The first-order valence-corrected chi connectivity index (χ1v) is 7.34. The van der Waals surface area contributed by atoms with Gasteiger partial charge in [-0.25, -0.2) is 0 Å². The number of thiocarbonyl (C=S) groups is 1. The van der Waals surface area contributed by atoms with Crippen LogP contribution in [0.2, 0.25) is 10.0 Å². The monoisotopic (exact) mass is 337 g/mol. The van der Waals surface area contributed by atoms with Crippen LogP contribution in [-0.4, -0.2) is 11.3 Å². The number of hydrazone groups is 1. The molecule has 0 unspecified atom stereocenters. The fourth-order valence-electron chi connectivity index (χ4n) is 1.63. The Balaban J connectivity index is 1.97. The van der Waals surface area contributed by atoms with Gasteiger partial charge in [0.25, 0.3) is 0 Å². The zero-order valence-corrected chi connectivity index (χ0v) is 13.6. The van der Waals surface area contributed by atoms with Crippen molar-refractivity contribution >= 4 is 52.4 Å². The standard InChI is InChI=1S/C15H13Cl2N3S/c1-10-12(16)7-4-8-14(10)19-15(21)20-18-9-11-5-2-3-6-13(11)17/h2-9H,1H3,(H2,19,20,21)/b18-9-. The SMILES string of the molecule is Cc1c(Cl)cccc1NC(=S)N/N=C\c1ccccc1Cl. The first-order chi connectivity index (χ1) is 10.1. The van der Waals surface area contributed by atoms with E-state index in [4.69, 9.17) is 35.4 Å². The molecule has 6 heteroatoms. The lowest BCUT2D eigenvalue weighted by Gasteiger charge is -2.10. The summed E-state index contributed by atoms with van der Waals surface area (Å²) in [5.74, 6) is 0. The molecule has 2 aromatic rings. The van der Waals surface area contributed by atoms with Gasteiger partial charge < -0.3 is 5.32 Å². The summed E-state index contributed by atoms with van der Waals surface area (Å²) < 4.78 is 0. The highest BCUT2D eigenvalue weighted by Crippen LogP contribution is 2.22. The summed E-state index contributed by atoms with van der Waals surface area (Å²) in [6.07, 6.45) is 1.61. The highest BCUT2D eigenvalue weighted by atomic mass is 35.5. The maximum Gasteiger partial charge on any atom is 0.191 e. The molecule has 0 aliphatic heterocycles. The number of anilines is 1. The predicted octanol–water partition coefficient (Wildman–Crippen LogP) is 4.62. The van der Waals surface area contributed by atoms with Crippen LogP contribution in [-0.2, 0) is 0 Å². The van der Waals surface area contributed by atoms with Crippen LogP contribution < -0.4 is 10.7 Å². The van der Waals surface area contributed by atoms with E-state index in [2.05, 4.69) is 15.8 Å². The zero-order valence-electron chi connectivity index (χ0n) is 11.2. The van der Waals surface area contributed by atoms with Crippen molar-refractivity contribution in [1.82, 2.24) is 5.43 Å². The molecule has 2 N–H and O–H groups in total. The number of hydrogen-bond acceptors (Lipinski definition) is 2. The van der Waals surface area contributed by atoms with E-state index < -0.39 is 0 Å². The van der Waals surface area contributed by atoms with Gasteiger partial charge in [0.2, 0.25) is 0 Å². The molecule has 0 saturated carbocycles. The Morgan fingerprint density at radius 3 is 2.57 bits per heavy atom. The molecule has 0 bridgehead atoms. The molecular formula is C15H13Cl2N3S. The second-order valence-corrected chi connectivity index (χ2v) is 5.48.